The first-order valence-corrected chi connectivity index (χ1v) is 7.02. The summed E-state index contributed by atoms with van der Waals surface area (Å²) in [5, 5.41) is 10.9. The molecule has 100 valence electrons. The molecule has 2 heteroatoms. The van der Waals surface area contributed by atoms with Crippen LogP contribution < -0.4 is 4.74 Å². The molecule has 2 rings (SSSR count). The second-order valence-corrected chi connectivity index (χ2v) is 5.77. The van der Waals surface area contributed by atoms with Gasteiger partial charge < -0.3 is 9.84 Å². The highest BCUT2D eigenvalue weighted by Crippen LogP contribution is 2.42. The van der Waals surface area contributed by atoms with Gasteiger partial charge in [0.2, 0.25) is 0 Å². The largest absolute Gasteiger partial charge is 0.491 e. The van der Waals surface area contributed by atoms with Crippen molar-refractivity contribution in [2.75, 3.05) is 0 Å². The molecule has 0 amide bonds. The lowest BCUT2D eigenvalue weighted by atomic mass is 9.72. The maximum absolute atomic E-state index is 10.9. The summed E-state index contributed by atoms with van der Waals surface area (Å²) in [6, 6.07) is 7.96. The van der Waals surface area contributed by atoms with Crippen molar-refractivity contribution in [3.63, 3.8) is 0 Å². The fourth-order valence-corrected chi connectivity index (χ4v) is 2.87. The topological polar surface area (TPSA) is 29.5 Å². The Balaban J connectivity index is 2.26. The molecule has 0 aliphatic heterocycles. The maximum Gasteiger partial charge on any atom is 0.120 e. The standard InChI is InChI=1S/C16H24O2/c1-12(2)18-15-9-6-8-14(11-15)16(17)10-5-4-7-13(16)3/h6,8-9,11-13,17H,4-5,7,10H2,1-3H3. The molecule has 2 atom stereocenters. The van der Waals surface area contributed by atoms with E-state index in [1.54, 1.807) is 0 Å². The predicted octanol–water partition coefficient (Wildman–Crippen LogP) is 3.87. The van der Waals surface area contributed by atoms with Crippen LogP contribution >= 0.6 is 0 Å². The molecule has 0 saturated heterocycles. The fourth-order valence-electron chi connectivity index (χ4n) is 2.87. The van der Waals surface area contributed by atoms with Crippen molar-refractivity contribution in [1.29, 1.82) is 0 Å². The van der Waals surface area contributed by atoms with Crippen LogP contribution in [0.3, 0.4) is 0 Å². The van der Waals surface area contributed by atoms with Crippen molar-refractivity contribution in [2.24, 2.45) is 5.92 Å². The third-order valence-corrected chi connectivity index (χ3v) is 3.97. The second-order valence-electron chi connectivity index (χ2n) is 5.77. The van der Waals surface area contributed by atoms with Gasteiger partial charge >= 0.3 is 0 Å². The zero-order valence-corrected chi connectivity index (χ0v) is 11.6. The third kappa shape index (κ3) is 2.69. The Bertz CT molecular complexity index is 400. The molecule has 0 bridgehead atoms. The smallest absolute Gasteiger partial charge is 0.120 e. The molecule has 2 nitrogen and oxygen atoms in total. The van der Waals surface area contributed by atoms with Crippen LogP contribution in [0.4, 0.5) is 0 Å². The van der Waals surface area contributed by atoms with Crippen molar-refractivity contribution in [1.82, 2.24) is 0 Å². The normalized spacial score (nSPS) is 28.4. The SMILES string of the molecule is CC(C)Oc1cccc(C2(O)CCCCC2C)c1. The monoisotopic (exact) mass is 248 g/mol. The van der Waals surface area contributed by atoms with E-state index in [9.17, 15) is 5.11 Å². The molecule has 1 aliphatic rings. The first-order valence-electron chi connectivity index (χ1n) is 7.02. The Morgan fingerprint density at radius 1 is 1.33 bits per heavy atom. The summed E-state index contributed by atoms with van der Waals surface area (Å²) in [5.41, 5.74) is 0.335. The highest BCUT2D eigenvalue weighted by Gasteiger charge is 2.37. The van der Waals surface area contributed by atoms with Crippen LogP contribution in [0.1, 0.15) is 52.0 Å². The number of benzene rings is 1. The van der Waals surface area contributed by atoms with Gasteiger partial charge in [0.1, 0.15) is 5.75 Å². The summed E-state index contributed by atoms with van der Waals surface area (Å²) >= 11 is 0. The molecule has 1 aliphatic carbocycles. The van der Waals surface area contributed by atoms with Crippen molar-refractivity contribution in [3.8, 4) is 5.75 Å². The van der Waals surface area contributed by atoms with Crippen LogP contribution in [0.2, 0.25) is 0 Å². The number of rotatable bonds is 3. The van der Waals surface area contributed by atoms with Gasteiger partial charge in [0.25, 0.3) is 0 Å². The lowest BCUT2D eigenvalue weighted by Crippen LogP contribution is -2.36. The zero-order chi connectivity index (χ0) is 13.2. The maximum atomic E-state index is 10.9. The van der Waals surface area contributed by atoms with Crippen molar-refractivity contribution >= 4 is 0 Å². The van der Waals surface area contributed by atoms with Crippen LogP contribution in [0.5, 0.6) is 5.75 Å². The van der Waals surface area contributed by atoms with Gasteiger partial charge in [-0.1, -0.05) is 31.9 Å². The highest BCUT2D eigenvalue weighted by molar-refractivity contribution is 5.33. The third-order valence-electron chi connectivity index (χ3n) is 3.97. The Hall–Kier alpha value is -1.02. The molecule has 0 aromatic heterocycles. The molecule has 1 aromatic carbocycles. The highest BCUT2D eigenvalue weighted by atomic mass is 16.5. The van der Waals surface area contributed by atoms with Crippen molar-refractivity contribution in [3.05, 3.63) is 29.8 Å². The Labute approximate surface area is 110 Å². The van der Waals surface area contributed by atoms with Gasteiger partial charge in [-0.2, -0.15) is 0 Å². The summed E-state index contributed by atoms with van der Waals surface area (Å²) in [6.45, 7) is 6.18. The fraction of sp³-hybridized carbons (Fsp3) is 0.625. The van der Waals surface area contributed by atoms with E-state index in [0.29, 0.717) is 5.92 Å². The molecular formula is C16H24O2. The number of hydrogen-bond donors (Lipinski definition) is 1. The van der Waals surface area contributed by atoms with Crippen LogP contribution in [-0.4, -0.2) is 11.2 Å². The van der Waals surface area contributed by atoms with Crippen molar-refractivity contribution < 1.29 is 9.84 Å². The summed E-state index contributed by atoms with van der Waals surface area (Å²) in [7, 11) is 0. The molecule has 0 radical (unpaired) electrons. The van der Waals surface area contributed by atoms with Crippen LogP contribution in [0, 0.1) is 5.92 Å². The molecule has 1 saturated carbocycles. The summed E-state index contributed by atoms with van der Waals surface area (Å²) < 4.78 is 5.71. The first kappa shape index (κ1) is 13.4. The van der Waals surface area contributed by atoms with E-state index in [2.05, 4.69) is 6.92 Å². The predicted molar refractivity (Wildman–Crippen MR) is 73.7 cm³/mol. The Morgan fingerprint density at radius 2 is 2.11 bits per heavy atom. The van der Waals surface area contributed by atoms with E-state index in [-0.39, 0.29) is 6.10 Å². The molecule has 0 heterocycles. The van der Waals surface area contributed by atoms with E-state index >= 15 is 0 Å². The zero-order valence-electron chi connectivity index (χ0n) is 11.6. The average Bonchev–Trinajstić information content (AvgIpc) is 2.32. The average molecular weight is 248 g/mol. The molecule has 1 aromatic rings. The quantitative estimate of drug-likeness (QED) is 0.879. The van der Waals surface area contributed by atoms with Crippen molar-refractivity contribution in [2.45, 2.75) is 58.2 Å². The Kier molecular flexibility index (Phi) is 3.96. The minimum Gasteiger partial charge on any atom is -0.491 e. The molecular weight excluding hydrogens is 224 g/mol. The van der Waals surface area contributed by atoms with E-state index in [0.717, 1.165) is 30.6 Å². The van der Waals surface area contributed by atoms with Crippen LogP contribution in [0.25, 0.3) is 0 Å². The molecule has 2 unspecified atom stereocenters. The van der Waals surface area contributed by atoms with Gasteiger partial charge in [0.05, 0.1) is 11.7 Å². The molecule has 1 N–H and O–H groups in total. The summed E-state index contributed by atoms with van der Waals surface area (Å²) in [5.74, 6) is 1.18. The lowest BCUT2D eigenvalue weighted by Gasteiger charge is -2.38. The summed E-state index contributed by atoms with van der Waals surface area (Å²) in [6.07, 6.45) is 4.46. The first-order chi connectivity index (χ1) is 8.52. The van der Waals surface area contributed by atoms with Crippen LogP contribution in [-0.2, 0) is 5.60 Å². The van der Waals surface area contributed by atoms with Gasteiger partial charge in [-0.15, -0.1) is 0 Å². The number of ether oxygens (including phenoxy) is 1. The summed E-state index contributed by atoms with van der Waals surface area (Å²) in [4.78, 5) is 0. The Morgan fingerprint density at radius 3 is 2.78 bits per heavy atom. The number of hydrogen-bond acceptors (Lipinski definition) is 2. The van der Waals surface area contributed by atoms with Gasteiger partial charge in [-0.05, 0) is 50.3 Å². The number of aliphatic hydroxyl groups is 1. The molecule has 18 heavy (non-hydrogen) atoms. The van der Waals surface area contributed by atoms with E-state index < -0.39 is 5.60 Å². The van der Waals surface area contributed by atoms with E-state index in [4.69, 9.17) is 4.74 Å². The van der Waals surface area contributed by atoms with Gasteiger partial charge in [-0.3, -0.25) is 0 Å². The van der Waals surface area contributed by atoms with Crippen LogP contribution in [0.15, 0.2) is 24.3 Å². The minimum absolute atomic E-state index is 0.165. The van der Waals surface area contributed by atoms with E-state index in [1.165, 1.54) is 6.42 Å². The molecule has 0 spiro atoms. The van der Waals surface area contributed by atoms with Gasteiger partial charge in [0.15, 0.2) is 0 Å². The second kappa shape index (κ2) is 5.31. The minimum atomic E-state index is -0.672. The van der Waals surface area contributed by atoms with Gasteiger partial charge in [-0.25, -0.2) is 0 Å². The van der Waals surface area contributed by atoms with Gasteiger partial charge in [0, 0.05) is 0 Å². The van der Waals surface area contributed by atoms with E-state index in [1.807, 2.05) is 38.1 Å². The lowest BCUT2D eigenvalue weighted by molar-refractivity contribution is -0.0471. The molecule has 1 fully saturated rings.